The van der Waals surface area contributed by atoms with E-state index in [0.717, 1.165) is 0 Å². The predicted molar refractivity (Wildman–Crippen MR) is 46.3 cm³/mol. The van der Waals surface area contributed by atoms with Crippen molar-refractivity contribution in [1.82, 2.24) is 4.98 Å². The Kier molecular flexibility index (Phi) is 3.30. The second-order valence-corrected chi connectivity index (χ2v) is 3.54. The number of hydrogen-bond acceptors (Lipinski definition) is 1. The average molecular weight is 254 g/mol. The van der Waals surface area contributed by atoms with E-state index in [2.05, 4.69) is 20.9 Å². The summed E-state index contributed by atoms with van der Waals surface area (Å²) < 4.78 is 36.1. The molecule has 13 heavy (non-hydrogen) atoms. The van der Waals surface area contributed by atoms with Gasteiger partial charge in [-0.25, -0.2) is 0 Å². The molecule has 0 amide bonds. The van der Waals surface area contributed by atoms with Crippen LogP contribution in [0.25, 0.3) is 0 Å². The molecule has 5 heteroatoms. The summed E-state index contributed by atoms with van der Waals surface area (Å²) in [6, 6.07) is 1.64. The lowest BCUT2D eigenvalue weighted by molar-refractivity contribution is -0.134. The average Bonchev–Trinajstić information content (AvgIpc) is 2.00. The molecule has 0 fully saturated rings. The Morgan fingerprint density at radius 2 is 2.00 bits per heavy atom. The lowest BCUT2D eigenvalue weighted by atomic mass is 10.1. The summed E-state index contributed by atoms with van der Waals surface area (Å²) in [4.78, 5) is 3.77. The van der Waals surface area contributed by atoms with Crippen molar-refractivity contribution in [3.8, 4) is 0 Å². The first-order valence-electron chi connectivity index (χ1n) is 3.63. The van der Waals surface area contributed by atoms with Gasteiger partial charge in [-0.15, -0.1) is 0 Å². The zero-order chi connectivity index (χ0) is 9.90. The van der Waals surface area contributed by atoms with Gasteiger partial charge < -0.3 is 0 Å². The van der Waals surface area contributed by atoms with Crippen LogP contribution < -0.4 is 0 Å². The number of aromatic nitrogens is 1. The number of hydrogen-bond donors (Lipinski definition) is 0. The van der Waals surface area contributed by atoms with E-state index in [4.69, 9.17) is 0 Å². The fraction of sp³-hybridized carbons (Fsp3) is 0.375. The molecule has 1 aromatic heterocycles. The smallest absolute Gasteiger partial charge is 0.263 e. The van der Waals surface area contributed by atoms with E-state index < -0.39 is 12.6 Å². The Morgan fingerprint density at radius 1 is 1.31 bits per heavy atom. The van der Waals surface area contributed by atoms with E-state index in [1.54, 1.807) is 6.07 Å². The van der Waals surface area contributed by atoms with Gasteiger partial charge in [-0.05, 0) is 34.0 Å². The highest BCUT2D eigenvalue weighted by molar-refractivity contribution is 9.10. The minimum atomic E-state index is -4.09. The standard InChI is InChI=1S/C8H7BrF3N/c9-7-3-6(4-13-5-7)1-2-8(10,11)12/h3-5H,1-2H2. The number of alkyl halides is 3. The summed E-state index contributed by atoms with van der Waals surface area (Å²) in [5.74, 6) is 0. The zero-order valence-electron chi connectivity index (χ0n) is 6.61. The van der Waals surface area contributed by atoms with Crippen molar-refractivity contribution in [2.45, 2.75) is 19.0 Å². The maximum atomic E-state index is 11.8. The molecule has 1 heterocycles. The van der Waals surface area contributed by atoms with E-state index >= 15 is 0 Å². The summed E-state index contributed by atoms with van der Waals surface area (Å²) in [5.41, 5.74) is 0.590. The number of aryl methyl sites for hydroxylation is 1. The minimum absolute atomic E-state index is 0.0179. The van der Waals surface area contributed by atoms with Gasteiger partial charge in [-0.1, -0.05) is 0 Å². The summed E-state index contributed by atoms with van der Waals surface area (Å²) >= 11 is 3.14. The van der Waals surface area contributed by atoms with Crippen LogP contribution in [-0.2, 0) is 6.42 Å². The lowest BCUT2D eigenvalue weighted by Gasteiger charge is -2.05. The molecule has 0 aliphatic heterocycles. The highest BCUT2D eigenvalue weighted by Crippen LogP contribution is 2.22. The van der Waals surface area contributed by atoms with Gasteiger partial charge in [-0.2, -0.15) is 13.2 Å². The number of rotatable bonds is 2. The van der Waals surface area contributed by atoms with Crippen LogP contribution in [0.15, 0.2) is 22.9 Å². The molecule has 1 aromatic rings. The van der Waals surface area contributed by atoms with Crippen LogP contribution >= 0.6 is 15.9 Å². The van der Waals surface area contributed by atoms with Crippen LogP contribution in [0, 0.1) is 0 Å². The van der Waals surface area contributed by atoms with Crippen molar-refractivity contribution in [3.63, 3.8) is 0 Å². The molecule has 0 atom stereocenters. The molecule has 0 saturated carbocycles. The largest absolute Gasteiger partial charge is 0.389 e. The van der Waals surface area contributed by atoms with Gasteiger partial charge in [0.15, 0.2) is 0 Å². The molecule has 0 aromatic carbocycles. The normalized spacial score (nSPS) is 11.7. The highest BCUT2D eigenvalue weighted by atomic mass is 79.9. The van der Waals surface area contributed by atoms with Crippen molar-refractivity contribution < 1.29 is 13.2 Å². The van der Waals surface area contributed by atoms with Crippen LogP contribution in [0.4, 0.5) is 13.2 Å². The Bertz CT molecular complexity index is 285. The maximum Gasteiger partial charge on any atom is 0.389 e. The van der Waals surface area contributed by atoms with Crippen molar-refractivity contribution in [1.29, 1.82) is 0 Å². The summed E-state index contributed by atoms with van der Waals surface area (Å²) in [7, 11) is 0. The van der Waals surface area contributed by atoms with Gasteiger partial charge in [0, 0.05) is 23.3 Å². The first-order chi connectivity index (χ1) is 5.97. The number of pyridine rings is 1. The van der Waals surface area contributed by atoms with Crippen molar-refractivity contribution in [2.24, 2.45) is 0 Å². The minimum Gasteiger partial charge on any atom is -0.263 e. The monoisotopic (exact) mass is 253 g/mol. The van der Waals surface area contributed by atoms with Crippen LogP contribution in [0.2, 0.25) is 0 Å². The number of nitrogens with zero attached hydrogens (tertiary/aromatic N) is 1. The second kappa shape index (κ2) is 4.09. The first-order valence-corrected chi connectivity index (χ1v) is 4.43. The molecule has 0 bridgehead atoms. The van der Waals surface area contributed by atoms with Crippen LogP contribution in [-0.4, -0.2) is 11.2 Å². The molecule has 0 radical (unpaired) electrons. The van der Waals surface area contributed by atoms with E-state index in [1.165, 1.54) is 12.4 Å². The number of halogens is 4. The third kappa shape index (κ3) is 4.26. The van der Waals surface area contributed by atoms with Gasteiger partial charge >= 0.3 is 6.18 Å². The third-order valence-corrected chi connectivity index (χ3v) is 1.89. The molecule has 0 saturated heterocycles. The van der Waals surface area contributed by atoms with Gasteiger partial charge in [0.1, 0.15) is 0 Å². The van der Waals surface area contributed by atoms with Crippen LogP contribution in [0.5, 0.6) is 0 Å². The molecule has 0 aliphatic carbocycles. The molecule has 0 aliphatic rings. The molecular weight excluding hydrogens is 247 g/mol. The Labute approximate surface area is 82.1 Å². The van der Waals surface area contributed by atoms with Crippen molar-refractivity contribution in [2.75, 3.05) is 0 Å². The topological polar surface area (TPSA) is 12.9 Å². The molecule has 0 unspecified atom stereocenters. The zero-order valence-corrected chi connectivity index (χ0v) is 8.19. The van der Waals surface area contributed by atoms with E-state index in [-0.39, 0.29) is 6.42 Å². The predicted octanol–water partition coefficient (Wildman–Crippen LogP) is 3.34. The fourth-order valence-corrected chi connectivity index (χ4v) is 1.29. The Morgan fingerprint density at radius 3 is 2.54 bits per heavy atom. The highest BCUT2D eigenvalue weighted by Gasteiger charge is 2.26. The summed E-state index contributed by atoms with van der Waals surface area (Å²) in [6.07, 6.45) is -1.93. The van der Waals surface area contributed by atoms with Gasteiger partial charge in [0.25, 0.3) is 0 Å². The molecular formula is C8H7BrF3N. The maximum absolute atomic E-state index is 11.8. The Hall–Kier alpha value is -0.580. The van der Waals surface area contributed by atoms with Crippen LogP contribution in [0.1, 0.15) is 12.0 Å². The first kappa shape index (κ1) is 10.5. The van der Waals surface area contributed by atoms with Gasteiger partial charge in [0.2, 0.25) is 0 Å². The van der Waals surface area contributed by atoms with Crippen LogP contribution in [0.3, 0.4) is 0 Å². The summed E-state index contributed by atoms with van der Waals surface area (Å²) in [5, 5.41) is 0. The molecule has 0 spiro atoms. The molecule has 0 N–H and O–H groups in total. The summed E-state index contributed by atoms with van der Waals surface area (Å²) in [6.45, 7) is 0. The third-order valence-electron chi connectivity index (χ3n) is 1.46. The van der Waals surface area contributed by atoms with E-state index in [0.29, 0.717) is 10.0 Å². The second-order valence-electron chi connectivity index (χ2n) is 2.63. The van der Waals surface area contributed by atoms with Crippen molar-refractivity contribution >= 4 is 15.9 Å². The van der Waals surface area contributed by atoms with Gasteiger partial charge in [-0.3, -0.25) is 4.98 Å². The quantitative estimate of drug-likeness (QED) is 0.788. The molecule has 1 rings (SSSR count). The Balaban J connectivity index is 2.55. The lowest BCUT2D eigenvalue weighted by Crippen LogP contribution is -2.08. The van der Waals surface area contributed by atoms with Gasteiger partial charge in [0.05, 0.1) is 0 Å². The van der Waals surface area contributed by atoms with E-state index in [1.807, 2.05) is 0 Å². The van der Waals surface area contributed by atoms with Crippen molar-refractivity contribution in [3.05, 3.63) is 28.5 Å². The molecule has 1 nitrogen and oxygen atoms in total. The van der Waals surface area contributed by atoms with E-state index in [9.17, 15) is 13.2 Å². The SMILES string of the molecule is FC(F)(F)CCc1cncc(Br)c1. The fourth-order valence-electron chi connectivity index (χ4n) is 0.879. The molecule has 72 valence electrons.